The quantitative estimate of drug-likeness (QED) is 0.792. The summed E-state index contributed by atoms with van der Waals surface area (Å²) < 4.78 is 3.12. The Balaban J connectivity index is 2.15. The van der Waals surface area contributed by atoms with E-state index < -0.39 is 0 Å². The molecule has 78 valence electrons. The van der Waals surface area contributed by atoms with Crippen molar-refractivity contribution in [3.05, 3.63) is 22.7 Å². The Hall–Kier alpha value is -0.900. The first-order chi connectivity index (χ1) is 7.36. The zero-order valence-electron chi connectivity index (χ0n) is 8.36. The monoisotopic (exact) mass is 265 g/mol. The van der Waals surface area contributed by atoms with Crippen LogP contribution in [0.15, 0.2) is 22.7 Å². The van der Waals surface area contributed by atoms with Gasteiger partial charge in [0, 0.05) is 4.47 Å². The van der Waals surface area contributed by atoms with E-state index in [2.05, 4.69) is 37.0 Å². The van der Waals surface area contributed by atoms with Crippen molar-refractivity contribution in [2.24, 2.45) is 0 Å². The van der Waals surface area contributed by atoms with E-state index in [9.17, 15) is 0 Å². The highest BCUT2D eigenvalue weighted by molar-refractivity contribution is 9.10. The molecule has 0 unspecified atom stereocenters. The van der Waals surface area contributed by atoms with Crippen molar-refractivity contribution in [3.8, 4) is 0 Å². The second kappa shape index (κ2) is 3.59. The Morgan fingerprint density at radius 2 is 2.07 bits per heavy atom. The smallest absolute Gasteiger partial charge is 0.127 e. The maximum absolute atomic E-state index is 4.27. The molecule has 1 saturated carbocycles. The lowest BCUT2D eigenvalue weighted by Gasteiger charge is -2.09. The minimum atomic E-state index is 0.560. The first kappa shape index (κ1) is 9.33. The molecule has 2 aromatic rings. The van der Waals surface area contributed by atoms with E-state index in [-0.39, 0.29) is 0 Å². The predicted molar refractivity (Wildman–Crippen MR) is 62.7 cm³/mol. The first-order valence-corrected chi connectivity index (χ1v) is 6.15. The van der Waals surface area contributed by atoms with Crippen molar-refractivity contribution in [1.29, 1.82) is 0 Å². The number of nitrogens with zero attached hydrogens (tertiary/aromatic N) is 3. The van der Waals surface area contributed by atoms with Crippen LogP contribution in [-0.2, 0) is 0 Å². The van der Waals surface area contributed by atoms with E-state index in [1.807, 2.05) is 12.1 Å². The summed E-state index contributed by atoms with van der Waals surface area (Å²) in [5.41, 5.74) is 2.13. The minimum absolute atomic E-state index is 0.560. The molecule has 1 aromatic carbocycles. The van der Waals surface area contributed by atoms with Crippen LogP contribution in [0, 0.1) is 0 Å². The van der Waals surface area contributed by atoms with Gasteiger partial charge in [0.05, 0.1) is 11.6 Å². The fourth-order valence-electron chi connectivity index (χ4n) is 2.35. The summed E-state index contributed by atoms with van der Waals surface area (Å²) in [6.45, 7) is 0. The number of hydrogen-bond acceptors (Lipinski definition) is 2. The molecule has 0 atom stereocenters. The van der Waals surface area contributed by atoms with Crippen LogP contribution in [0.4, 0.5) is 0 Å². The molecule has 3 nitrogen and oxygen atoms in total. The number of hydrogen-bond donors (Lipinski definition) is 0. The summed E-state index contributed by atoms with van der Waals surface area (Å²) in [5, 5.41) is 8.50. The van der Waals surface area contributed by atoms with Crippen molar-refractivity contribution >= 4 is 27.0 Å². The topological polar surface area (TPSA) is 30.7 Å². The largest absolute Gasteiger partial charge is 0.242 e. The standard InChI is InChI=1S/C11H12BrN3/c12-9-6-3-7-10-11(9)13-14-15(10)8-4-1-2-5-8/h3,6-8H,1-2,4-5H2. The van der Waals surface area contributed by atoms with Gasteiger partial charge < -0.3 is 0 Å². The van der Waals surface area contributed by atoms with Crippen LogP contribution >= 0.6 is 15.9 Å². The summed E-state index contributed by atoms with van der Waals surface area (Å²) in [4.78, 5) is 0. The number of benzene rings is 1. The van der Waals surface area contributed by atoms with Crippen LogP contribution in [0.25, 0.3) is 11.0 Å². The lowest BCUT2D eigenvalue weighted by atomic mass is 10.2. The maximum Gasteiger partial charge on any atom is 0.127 e. The van der Waals surface area contributed by atoms with Gasteiger partial charge in [-0.05, 0) is 40.9 Å². The van der Waals surface area contributed by atoms with Gasteiger partial charge in [-0.15, -0.1) is 5.10 Å². The highest BCUT2D eigenvalue weighted by atomic mass is 79.9. The molecule has 0 aliphatic heterocycles. The minimum Gasteiger partial charge on any atom is -0.242 e. The van der Waals surface area contributed by atoms with Gasteiger partial charge in [-0.1, -0.05) is 24.1 Å². The SMILES string of the molecule is Brc1cccc2c1nnn2C1CCCC1. The average molecular weight is 266 g/mol. The van der Waals surface area contributed by atoms with E-state index in [0.717, 1.165) is 15.5 Å². The molecule has 0 saturated heterocycles. The molecule has 0 N–H and O–H groups in total. The van der Waals surface area contributed by atoms with E-state index in [0.29, 0.717) is 6.04 Å². The summed E-state index contributed by atoms with van der Waals surface area (Å²) in [5.74, 6) is 0. The van der Waals surface area contributed by atoms with Crippen LogP contribution in [0.5, 0.6) is 0 Å². The molecular formula is C11H12BrN3. The Kier molecular flexibility index (Phi) is 2.24. The van der Waals surface area contributed by atoms with Crippen molar-refractivity contribution in [2.45, 2.75) is 31.7 Å². The molecule has 0 radical (unpaired) electrons. The number of rotatable bonds is 1. The lowest BCUT2D eigenvalue weighted by molar-refractivity contribution is 0.467. The van der Waals surface area contributed by atoms with Gasteiger partial charge in [-0.2, -0.15) is 0 Å². The zero-order chi connectivity index (χ0) is 10.3. The Morgan fingerprint density at radius 3 is 2.87 bits per heavy atom. The number of aromatic nitrogens is 3. The van der Waals surface area contributed by atoms with E-state index in [1.54, 1.807) is 0 Å². The van der Waals surface area contributed by atoms with Gasteiger partial charge in [0.1, 0.15) is 5.52 Å². The number of fused-ring (bicyclic) bond motifs is 1. The molecule has 0 bridgehead atoms. The molecule has 4 heteroatoms. The molecule has 1 aliphatic rings. The lowest BCUT2D eigenvalue weighted by Crippen LogP contribution is -2.06. The molecular weight excluding hydrogens is 254 g/mol. The first-order valence-electron chi connectivity index (χ1n) is 5.35. The van der Waals surface area contributed by atoms with Gasteiger partial charge in [-0.3, -0.25) is 0 Å². The normalized spacial score (nSPS) is 17.7. The maximum atomic E-state index is 4.27. The third-order valence-electron chi connectivity index (χ3n) is 3.12. The second-order valence-corrected chi connectivity index (χ2v) is 4.93. The van der Waals surface area contributed by atoms with Crippen LogP contribution < -0.4 is 0 Å². The van der Waals surface area contributed by atoms with Gasteiger partial charge in [0.15, 0.2) is 0 Å². The van der Waals surface area contributed by atoms with E-state index in [4.69, 9.17) is 0 Å². The fraction of sp³-hybridized carbons (Fsp3) is 0.455. The molecule has 1 aromatic heterocycles. The summed E-state index contributed by atoms with van der Waals surface area (Å²) in [7, 11) is 0. The van der Waals surface area contributed by atoms with E-state index in [1.165, 1.54) is 25.7 Å². The van der Waals surface area contributed by atoms with E-state index >= 15 is 0 Å². The predicted octanol–water partition coefficient (Wildman–Crippen LogP) is 3.31. The Labute approximate surface area is 96.6 Å². The average Bonchev–Trinajstić information content (AvgIpc) is 2.85. The third-order valence-corrected chi connectivity index (χ3v) is 3.76. The van der Waals surface area contributed by atoms with Crippen molar-refractivity contribution in [1.82, 2.24) is 15.0 Å². The van der Waals surface area contributed by atoms with Crippen molar-refractivity contribution in [3.63, 3.8) is 0 Å². The molecule has 1 aliphatic carbocycles. The highest BCUT2D eigenvalue weighted by Crippen LogP contribution is 2.32. The number of halogens is 1. The van der Waals surface area contributed by atoms with Gasteiger partial charge >= 0.3 is 0 Å². The van der Waals surface area contributed by atoms with Gasteiger partial charge in [0.25, 0.3) is 0 Å². The molecule has 0 spiro atoms. The molecule has 1 heterocycles. The fourth-order valence-corrected chi connectivity index (χ4v) is 2.78. The summed E-state index contributed by atoms with van der Waals surface area (Å²) >= 11 is 3.50. The second-order valence-electron chi connectivity index (χ2n) is 4.08. The Bertz CT molecular complexity index is 486. The molecule has 3 rings (SSSR count). The van der Waals surface area contributed by atoms with Crippen LogP contribution in [-0.4, -0.2) is 15.0 Å². The summed E-state index contributed by atoms with van der Waals surface area (Å²) in [6.07, 6.45) is 5.12. The van der Waals surface area contributed by atoms with Crippen LogP contribution in [0.2, 0.25) is 0 Å². The van der Waals surface area contributed by atoms with Crippen LogP contribution in [0.1, 0.15) is 31.7 Å². The van der Waals surface area contributed by atoms with Crippen molar-refractivity contribution < 1.29 is 0 Å². The zero-order valence-corrected chi connectivity index (χ0v) is 9.94. The molecule has 0 amide bonds. The molecule has 1 fully saturated rings. The highest BCUT2D eigenvalue weighted by Gasteiger charge is 2.20. The Morgan fingerprint density at radius 1 is 1.27 bits per heavy atom. The summed E-state index contributed by atoms with van der Waals surface area (Å²) in [6, 6.07) is 6.71. The van der Waals surface area contributed by atoms with Gasteiger partial charge in [-0.25, -0.2) is 4.68 Å². The molecule has 15 heavy (non-hydrogen) atoms. The third kappa shape index (κ3) is 1.47. The van der Waals surface area contributed by atoms with Crippen molar-refractivity contribution in [2.75, 3.05) is 0 Å². The van der Waals surface area contributed by atoms with Crippen LogP contribution in [0.3, 0.4) is 0 Å². The van der Waals surface area contributed by atoms with Gasteiger partial charge in [0.2, 0.25) is 0 Å².